The Balaban J connectivity index is 1.44. The van der Waals surface area contributed by atoms with E-state index in [1.807, 2.05) is 6.07 Å². The molecule has 0 saturated heterocycles. The molecule has 25 heavy (non-hydrogen) atoms. The minimum absolute atomic E-state index is 0.717. The number of thiazole rings is 2. The molecular weight excluding hydrogens is 346 g/mol. The van der Waals surface area contributed by atoms with Gasteiger partial charge in [-0.2, -0.15) is 0 Å². The summed E-state index contributed by atoms with van der Waals surface area (Å²) in [6.07, 6.45) is 3.46. The molecule has 1 aromatic carbocycles. The number of aryl methyl sites for hydroxylation is 1. The monoisotopic (exact) mass is 365 g/mol. The van der Waals surface area contributed by atoms with E-state index < -0.39 is 0 Å². The summed E-state index contributed by atoms with van der Waals surface area (Å²) in [5.41, 5.74) is 6.21. The van der Waals surface area contributed by atoms with Gasteiger partial charge in [-0.15, -0.1) is 22.7 Å². The Labute approximate surface area is 155 Å². The van der Waals surface area contributed by atoms with Crippen molar-refractivity contribution in [2.24, 2.45) is 0 Å². The highest BCUT2D eigenvalue weighted by atomic mass is 32.1. The van der Waals surface area contributed by atoms with Crippen LogP contribution < -0.4 is 0 Å². The molecule has 0 unspecified atom stereocenters. The molecule has 0 atom stereocenters. The van der Waals surface area contributed by atoms with Crippen LogP contribution >= 0.6 is 22.7 Å². The molecular formula is C20H19N3S2. The summed E-state index contributed by atoms with van der Waals surface area (Å²) < 4.78 is 3.74. The van der Waals surface area contributed by atoms with Gasteiger partial charge in [0.15, 0.2) is 0 Å². The van der Waals surface area contributed by atoms with Crippen LogP contribution in [-0.2, 0) is 6.42 Å². The minimum atomic E-state index is 0.717. The molecule has 1 aliphatic rings. The van der Waals surface area contributed by atoms with Crippen LogP contribution in [0.1, 0.15) is 40.3 Å². The van der Waals surface area contributed by atoms with Crippen molar-refractivity contribution >= 4 is 32.9 Å². The predicted octanol–water partition coefficient (Wildman–Crippen LogP) is 5.76. The van der Waals surface area contributed by atoms with Crippen molar-refractivity contribution in [1.82, 2.24) is 14.5 Å². The van der Waals surface area contributed by atoms with Crippen LogP contribution in [0, 0.1) is 13.8 Å². The molecule has 0 aliphatic heterocycles. The molecule has 0 amide bonds. The number of hydrogen-bond donors (Lipinski definition) is 0. The van der Waals surface area contributed by atoms with Gasteiger partial charge >= 0.3 is 0 Å². The second-order valence-electron chi connectivity index (χ2n) is 6.76. The fourth-order valence-electron chi connectivity index (χ4n) is 3.57. The Morgan fingerprint density at radius 3 is 2.76 bits per heavy atom. The van der Waals surface area contributed by atoms with Gasteiger partial charge in [0.2, 0.25) is 0 Å². The van der Waals surface area contributed by atoms with Crippen LogP contribution in [0.2, 0.25) is 0 Å². The summed E-state index contributed by atoms with van der Waals surface area (Å²) in [4.78, 5) is 9.65. The third-order valence-electron chi connectivity index (χ3n) is 4.86. The number of para-hydroxylation sites is 1. The third kappa shape index (κ3) is 2.71. The number of benzene rings is 1. The summed E-state index contributed by atoms with van der Waals surface area (Å²) in [6, 6.07) is 11.3. The van der Waals surface area contributed by atoms with E-state index in [0.717, 1.165) is 33.7 Å². The van der Waals surface area contributed by atoms with E-state index >= 15 is 0 Å². The first-order valence-electron chi connectivity index (χ1n) is 8.66. The molecule has 126 valence electrons. The van der Waals surface area contributed by atoms with Gasteiger partial charge in [-0.1, -0.05) is 12.1 Å². The molecule has 3 aromatic heterocycles. The van der Waals surface area contributed by atoms with Gasteiger partial charge < -0.3 is 4.57 Å². The van der Waals surface area contributed by atoms with Crippen LogP contribution in [0.4, 0.5) is 0 Å². The maximum atomic E-state index is 4.91. The number of aromatic nitrogens is 3. The Morgan fingerprint density at radius 1 is 1.12 bits per heavy atom. The van der Waals surface area contributed by atoms with E-state index in [1.54, 1.807) is 22.7 Å². The molecule has 0 spiro atoms. The van der Waals surface area contributed by atoms with Gasteiger partial charge in [-0.3, -0.25) is 0 Å². The topological polar surface area (TPSA) is 30.7 Å². The molecule has 3 nitrogen and oxygen atoms in total. The lowest BCUT2D eigenvalue weighted by Crippen LogP contribution is -1.98. The van der Waals surface area contributed by atoms with Crippen LogP contribution in [-0.4, -0.2) is 14.5 Å². The largest absolute Gasteiger partial charge is 0.345 e. The van der Waals surface area contributed by atoms with Gasteiger partial charge in [0, 0.05) is 28.4 Å². The lowest BCUT2D eigenvalue weighted by Gasteiger charge is -2.06. The van der Waals surface area contributed by atoms with Crippen molar-refractivity contribution < 1.29 is 0 Å². The summed E-state index contributed by atoms with van der Waals surface area (Å²) in [5.74, 6) is 0. The number of nitrogens with zero attached hydrogens (tertiary/aromatic N) is 3. The van der Waals surface area contributed by atoms with Crippen molar-refractivity contribution in [3.05, 3.63) is 57.1 Å². The zero-order chi connectivity index (χ0) is 17.0. The molecule has 5 rings (SSSR count). The van der Waals surface area contributed by atoms with Crippen LogP contribution in [0.5, 0.6) is 0 Å². The Hall–Kier alpha value is -1.98. The second-order valence-corrected chi connectivity index (χ2v) is 8.82. The van der Waals surface area contributed by atoms with Gasteiger partial charge in [0.05, 0.1) is 22.3 Å². The first kappa shape index (κ1) is 15.3. The summed E-state index contributed by atoms with van der Waals surface area (Å²) in [5, 5.41) is 4.48. The fourth-order valence-corrected chi connectivity index (χ4v) is 5.43. The highest BCUT2D eigenvalue weighted by Crippen LogP contribution is 2.40. The predicted molar refractivity (Wildman–Crippen MR) is 106 cm³/mol. The summed E-state index contributed by atoms with van der Waals surface area (Å²) >= 11 is 3.51. The zero-order valence-electron chi connectivity index (χ0n) is 14.3. The smallest absolute Gasteiger partial charge is 0.101 e. The van der Waals surface area contributed by atoms with Crippen LogP contribution in [0.15, 0.2) is 35.7 Å². The molecule has 0 N–H and O–H groups in total. The standard InChI is InChI=1S/C20H19N3S2/c1-12-9-15(13(2)23(12)14-7-8-14)17-11-24-19(22-17)10-20-21-16-5-3-4-6-18(16)25-20/h3-6,9,11,14H,7-8,10H2,1-2H3. The lowest BCUT2D eigenvalue weighted by atomic mass is 10.2. The van der Waals surface area contributed by atoms with Gasteiger partial charge in [-0.25, -0.2) is 9.97 Å². The van der Waals surface area contributed by atoms with Crippen LogP contribution in [0.25, 0.3) is 21.5 Å². The lowest BCUT2D eigenvalue weighted by molar-refractivity contribution is 0.700. The maximum absolute atomic E-state index is 4.91. The van der Waals surface area contributed by atoms with E-state index in [1.165, 1.54) is 34.5 Å². The van der Waals surface area contributed by atoms with E-state index in [-0.39, 0.29) is 0 Å². The Bertz CT molecular complexity index is 1030. The first-order chi connectivity index (χ1) is 12.2. The average molecular weight is 366 g/mol. The minimum Gasteiger partial charge on any atom is -0.345 e. The molecule has 3 heterocycles. The van der Waals surface area contributed by atoms with Crippen molar-refractivity contribution in [2.45, 2.75) is 39.2 Å². The highest BCUT2D eigenvalue weighted by molar-refractivity contribution is 7.18. The third-order valence-corrected chi connectivity index (χ3v) is 6.75. The fraction of sp³-hybridized carbons (Fsp3) is 0.300. The van der Waals surface area contributed by atoms with Crippen molar-refractivity contribution in [2.75, 3.05) is 0 Å². The normalized spacial score (nSPS) is 14.5. The highest BCUT2D eigenvalue weighted by Gasteiger charge is 2.27. The number of hydrogen-bond acceptors (Lipinski definition) is 4. The quantitative estimate of drug-likeness (QED) is 0.460. The van der Waals surface area contributed by atoms with Crippen LogP contribution in [0.3, 0.4) is 0 Å². The molecule has 1 saturated carbocycles. The number of fused-ring (bicyclic) bond motifs is 1. The second kappa shape index (κ2) is 5.78. The first-order valence-corrected chi connectivity index (χ1v) is 10.4. The van der Waals surface area contributed by atoms with Crippen molar-refractivity contribution in [3.8, 4) is 11.3 Å². The SMILES string of the molecule is Cc1cc(-c2csc(Cc3nc4ccccc4s3)n2)c(C)n1C1CC1. The van der Waals surface area contributed by atoms with E-state index in [2.05, 4.69) is 48.1 Å². The van der Waals surface area contributed by atoms with E-state index in [9.17, 15) is 0 Å². The Kier molecular flexibility index (Phi) is 3.54. The van der Waals surface area contributed by atoms with Gasteiger partial charge in [-0.05, 0) is 44.9 Å². The van der Waals surface area contributed by atoms with E-state index in [4.69, 9.17) is 9.97 Å². The average Bonchev–Trinajstić information content (AvgIpc) is 3.05. The molecule has 0 radical (unpaired) electrons. The summed E-state index contributed by atoms with van der Waals surface area (Å²) in [6.45, 7) is 4.44. The Morgan fingerprint density at radius 2 is 1.96 bits per heavy atom. The molecule has 5 heteroatoms. The van der Waals surface area contributed by atoms with Gasteiger partial charge in [0.1, 0.15) is 10.0 Å². The van der Waals surface area contributed by atoms with Crippen molar-refractivity contribution in [3.63, 3.8) is 0 Å². The molecule has 4 aromatic rings. The molecule has 1 aliphatic carbocycles. The maximum Gasteiger partial charge on any atom is 0.101 e. The zero-order valence-corrected chi connectivity index (χ0v) is 16.0. The molecule has 1 fully saturated rings. The summed E-state index contributed by atoms with van der Waals surface area (Å²) in [7, 11) is 0. The van der Waals surface area contributed by atoms with E-state index in [0.29, 0.717) is 0 Å². The molecule has 0 bridgehead atoms. The number of rotatable bonds is 4. The van der Waals surface area contributed by atoms with Crippen molar-refractivity contribution in [1.29, 1.82) is 0 Å². The van der Waals surface area contributed by atoms with Gasteiger partial charge in [0.25, 0.3) is 0 Å².